The van der Waals surface area contributed by atoms with Gasteiger partial charge in [0.15, 0.2) is 0 Å². The molecule has 0 saturated carbocycles. The maximum atomic E-state index is 13.0. The molecule has 1 aromatic carbocycles. The van der Waals surface area contributed by atoms with Gasteiger partial charge in [0.05, 0.1) is 23.4 Å². The Hall–Kier alpha value is -1.82. The summed E-state index contributed by atoms with van der Waals surface area (Å²) in [5, 5.41) is 0.148. The zero-order valence-electron chi connectivity index (χ0n) is 13.9. The number of carbonyl (C=O) groups is 1. The van der Waals surface area contributed by atoms with E-state index >= 15 is 0 Å². The second kappa shape index (κ2) is 8.33. The highest BCUT2D eigenvalue weighted by molar-refractivity contribution is 6.34. The second-order valence-corrected chi connectivity index (χ2v) is 5.57. The van der Waals surface area contributed by atoms with Crippen molar-refractivity contribution in [2.24, 2.45) is 10.9 Å². The summed E-state index contributed by atoms with van der Waals surface area (Å²) in [6.45, 7) is 4.90. The molecule has 1 unspecified atom stereocenters. The molecule has 1 aromatic rings. The van der Waals surface area contributed by atoms with Crippen molar-refractivity contribution in [3.05, 3.63) is 46.1 Å². The van der Waals surface area contributed by atoms with E-state index < -0.39 is 17.8 Å². The minimum Gasteiger partial charge on any atom is -0.465 e. The van der Waals surface area contributed by atoms with Crippen LogP contribution in [0.15, 0.2) is 35.0 Å². The molecule has 0 aliphatic heterocycles. The molecular weight excluding hydrogens is 343 g/mol. The quantitative estimate of drug-likeness (QED) is 0.518. The fourth-order valence-electron chi connectivity index (χ4n) is 2.02. The Morgan fingerprint density at radius 3 is 2.46 bits per heavy atom. The maximum Gasteiger partial charge on any atom is 0.433 e. The molecule has 0 saturated heterocycles. The van der Waals surface area contributed by atoms with Gasteiger partial charge in [-0.05, 0) is 31.4 Å². The Labute approximate surface area is 144 Å². The predicted molar refractivity (Wildman–Crippen MR) is 88.6 cm³/mol. The largest absolute Gasteiger partial charge is 0.465 e. The number of rotatable bonds is 5. The van der Waals surface area contributed by atoms with Crippen LogP contribution >= 0.6 is 11.6 Å². The summed E-state index contributed by atoms with van der Waals surface area (Å²) in [6.07, 6.45) is -3.05. The van der Waals surface area contributed by atoms with Gasteiger partial charge in [0, 0.05) is 5.56 Å². The molecule has 1 rings (SSSR count). The molecule has 1 atom stereocenters. The van der Waals surface area contributed by atoms with Crippen molar-refractivity contribution in [3.63, 3.8) is 0 Å². The molecule has 132 valence electrons. The van der Waals surface area contributed by atoms with Gasteiger partial charge in [-0.1, -0.05) is 37.6 Å². The topological polar surface area (TPSA) is 38.7 Å². The summed E-state index contributed by atoms with van der Waals surface area (Å²) >= 11 is 6.18. The van der Waals surface area contributed by atoms with Crippen LogP contribution in [0, 0.1) is 5.92 Å². The van der Waals surface area contributed by atoms with Crippen LogP contribution in [0.3, 0.4) is 0 Å². The molecule has 0 aliphatic rings. The minimum absolute atomic E-state index is 0.148. The fourth-order valence-corrected chi connectivity index (χ4v) is 2.30. The molecule has 0 aliphatic carbocycles. The Bertz CT molecular complexity index is 666. The predicted octanol–water partition coefficient (Wildman–Crippen LogP) is 5.43. The summed E-state index contributed by atoms with van der Waals surface area (Å²) in [7, 11) is 1.23. The van der Waals surface area contributed by atoms with E-state index in [9.17, 15) is 18.0 Å². The number of hydrogen-bond donors (Lipinski definition) is 0. The molecule has 0 spiro atoms. The Morgan fingerprint density at radius 2 is 2.04 bits per heavy atom. The number of halogens is 4. The van der Waals surface area contributed by atoms with Gasteiger partial charge in [-0.15, -0.1) is 0 Å². The van der Waals surface area contributed by atoms with Crippen LogP contribution in [0.25, 0.3) is 0 Å². The first-order valence-electron chi connectivity index (χ1n) is 7.36. The molecule has 0 aromatic heterocycles. The van der Waals surface area contributed by atoms with Gasteiger partial charge >= 0.3 is 12.1 Å². The Kier molecular flexibility index (Phi) is 7.02. The lowest BCUT2D eigenvalue weighted by Crippen LogP contribution is -2.18. The van der Waals surface area contributed by atoms with Crippen LogP contribution in [-0.4, -0.2) is 25.0 Å². The van der Waals surface area contributed by atoms with Crippen LogP contribution in [0.4, 0.5) is 13.2 Å². The summed E-state index contributed by atoms with van der Waals surface area (Å²) < 4.78 is 43.6. The lowest BCUT2D eigenvalue weighted by Gasteiger charge is -2.17. The SMILES string of the molecule is C/C=C(\N=C(c1ccc(C(=O)OC)cc1Cl)C(C)CC)C(F)(F)F. The number of alkyl halides is 3. The van der Waals surface area contributed by atoms with Crippen LogP contribution in [0.5, 0.6) is 0 Å². The number of methoxy groups -OCH3 is 1. The van der Waals surface area contributed by atoms with E-state index in [2.05, 4.69) is 9.73 Å². The van der Waals surface area contributed by atoms with Crippen molar-refractivity contribution < 1.29 is 22.7 Å². The summed E-state index contributed by atoms with van der Waals surface area (Å²) in [5.41, 5.74) is -0.172. The highest BCUT2D eigenvalue weighted by Crippen LogP contribution is 2.30. The molecule has 3 nitrogen and oxygen atoms in total. The molecule has 24 heavy (non-hydrogen) atoms. The molecule has 0 heterocycles. The van der Waals surface area contributed by atoms with Gasteiger partial charge in [-0.2, -0.15) is 13.2 Å². The van der Waals surface area contributed by atoms with Gasteiger partial charge in [0.2, 0.25) is 0 Å². The molecule has 0 bridgehead atoms. The lowest BCUT2D eigenvalue weighted by atomic mass is 9.95. The van der Waals surface area contributed by atoms with Crippen LogP contribution in [-0.2, 0) is 4.74 Å². The number of benzene rings is 1. The standard InChI is InChI=1S/C17H19ClF3NO2/c1-5-10(3)15(22-14(6-2)17(19,20)21)12-8-7-11(9-13(12)18)16(23)24-4/h6-10H,5H2,1-4H3/b14-6-,22-15?. The minimum atomic E-state index is -4.55. The van der Waals surface area contributed by atoms with E-state index in [4.69, 9.17) is 11.6 Å². The Morgan fingerprint density at radius 1 is 1.42 bits per heavy atom. The van der Waals surface area contributed by atoms with Crippen LogP contribution in [0.2, 0.25) is 5.02 Å². The summed E-state index contributed by atoms with van der Waals surface area (Å²) in [6, 6.07) is 4.31. The number of carbonyl (C=O) groups excluding carboxylic acids is 1. The second-order valence-electron chi connectivity index (χ2n) is 5.16. The summed E-state index contributed by atoms with van der Waals surface area (Å²) in [5.74, 6) is -0.821. The number of ether oxygens (including phenoxy) is 1. The van der Waals surface area contributed by atoms with E-state index in [0.29, 0.717) is 12.0 Å². The van der Waals surface area contributed by atoms with Crippen LogP contribution in [0.1, 0.15) is 43.1 Å². The average Bonchev–Trinajstić information content (AvgIpc) is 2.53. The Balaban J connectivity index is 3.46. The van der Waals surface area contributed by atoms with E-state index in [1.165, 1.54) is 32.2 Å². The zero-order valence-corrected chi connectivity index (χ0v) is 14.6. The van der Waals surface area contributed by atoms with Crippen molar-refractivity contribution in [2.75, 3.05) is 7.11 Å². The van der Waals surface area contributed by atoms with Gasteiger partial charge in [-0.3, -0.25) is 0 Å². The van der Waals surface area contributed by atoms with Gasteiger partial charge in [0.25, 0.3) is 0 Å². The first-order valence-corrected chi connectivity index (χ1v) is 7.73. The first kappa shape index (κ1) is 20.2. The molecule has 0 fully saturated rings. The number of aliphatic imine (C=N–C) groups is 1. The van der Waals surface area contributed by atoms with E-state index in [0.717, 1.165) is 6.08 Å². The number of nitrogens with zero attached hydrogens (tertiary/aromatic N) is 1. The highest BCUT2D eigenvalue weighted by Gasteiger charge is 2.34. The third kappa shape index (κ3) is 4.84. The first-order chi connectivity index (χ1) is 11.1. The van der Waals surface area contributed by atoms with Gasteiger partial charge in [-0.25, -0.2) is 9.79 Å². The molecular formula is C17H19ClF3NO2. The van der Waals surface area contributed by atoms with E-state index in [1.54, 1.807) is 6.92 Å². The highest BCUT2D eigenvalue weighted by atomic mass is 35.5. The van der Waals surface area contributed by atoms with Gasteiger partial charge < -0.3 is 4.74 Å². The van der Waals surface area contributed by atoms with Crippen LogP contribution < -0.4 is 0 Å². The number of hydrogen-bond acceptors (Lipinski definition) is 3. The molecule has 0 amide bonds. The van der Waals surface area contributed by atoms with Crippen molar-refractivity contribution in [1.29, 1.82) is 0 Å². The maximum absolute atomic E-state index is 13.0. The monoisotopic (exact) mass is 361 g/mol. The normalized spacial score (nSPS) is 14.5. The number of allylic oxidation sites excluding steroid dienone is 2. The smallest absolute Gasteiger partial charge is 0.433 e. The zero-order chi connectivity index (χ0) is 18.5. The summed E-state index contributed by atoms with van der Waals surface area (Å²) in [4.78, 5) is 15.3. The average molecular weight is 362 g/mol. The van der Waals surface area contributed by atoms with Crippen molar-refractivity contribution in [1.82, 2.24) is 0 Å². The van der Waals surface area contributed by atoms with Crippen molar-refractivity contribution in [3.8, 4) is 0 Å². The lowest BCUT2D eigenvalue weighted by molar-refractivity contribution is -0.0924. The fraction of sp³-hybridized carbons (Fsp3) is 0.412. The third-order valence-corrected chi connectivity index (χ3v) is 3.86. The van der Waals surface area contributed by atoms with Crippen molar-refractivity contribution in [2.45, 2.75) is 33.4 Å². The third-order valence-electron chi connectivity index (χ3n) is 3.55. The number of esters is 1. The van der Waals surface area contributed by atoms with Crippen molar-refractivity contribution >= 4 is 23.3 Å². The molecule has 7 heteroatoms. The van der Waals surface area contributed by atoms with E-state index in [1.807, 2.05) is 6.92 Å². The molecule has 0 radical (unpaired) electrons. The van der Waals surface area contributed by atoms with Gasteiger partial charge in [0.1, 0.15) is 5.70 Å². The van der Waals surface area contributed by atoms with E-state index in [-0.39, 0.29) is 22.2 Å². The molecule has 0 N–H and O–H groups in total.